The maximum Gasteiger partial charge on any atom is 0.251 e. The zero-order valence-corrected chi connectivity index (χ0v) is 15.2. The molecule has 0 aliphatic carbocycles. The van der Waals surface area contributed by atoms with E-state index < -0.39 is 0 Å². The summed E-state index contributed by atoms with van der Waals surface area (Å²) in [5.41, 5.74) is 2.59. The van der Waals surface area contributed by atoms with Gasteiger partial charge in [0.1, 0.15) is 29.7 Å². The minimum Gasteiger partial charge on any atom is -0.497 e. The average Bonchev–Trinajstić information content (AvgIpc) is 3.14. The minimum atomic E-state index is -0.343. The summed E-state index contributed by atoms with van der Waals surface area (Å²) in [5.74, 6) is 0.750. The summed E-state index contributed by atoms with van der Waals surface area (Å²) in [7, 11) is 1.57. The molecule has 7 heteroatoms. The fraction of sp³-hybridized carbons (Fsp3) is 0.190. The Balaban J connectivity index is 1.46. The third kappa shape index (κ3) is 3.64. The van der Waals surface area contributed by atoms with E-state index in [1.165, 1.54) is 18.5 Å². The number of halogens is 1. The van der Waals surface area contributed by atoms with Crippen LogP contribution in [0.1, 0.15) is 15.9 Å². The van der Waals surface area contributed by atoms with Gasteiger partial charge in [-0.25, -0.2) is 14.4 Å². The van der Waals surface area contributed by atoms with Crippen LogP contribution < -0.4 is 14.8 Å². The van der Waals surface area contributed by atoms with Gasteiger partial charge < -0.3 is 14.8 Å². The number of rotatable bonds is 5. The molecule has 6 nitrogen and oxygen atoms in total. The quantitative estimate of drug-likeness (QED) is 0.738. The molecule has 1 amide bonds. The first-order valence-corrected chi connectivity index (χ1v) is 8.81. The van der Waals surface area contributed by atoms with Crippen LogP contribution in [0.2, 0.25) is 0 Å². The van der Waals surface area contributed by atoms with E-state index in [4.69, 9.17) is 9.47 Å². The molecule has 1 atom stereocenters. The topological polar surface area (TPSA) is 73.3 Å². The van der Waals surface area contributed by atoms with Gasteiger partial charge in [0.15, 0.2) is 0 Å². The van der Waals surface area contributed by atoms with Crippen LogP contribution in [0.3, 0.4) is 0 Å². The van der Waals surface area contributed by atoms with E-state index in [0.717, 1.165) is 5.56 Å². The summed E-state index contributed by atoms with van der Waals surface area (Å²) in [6, 6.07) is 9.73. The van der Waals surface area contributed by atoms with Crippen LogP contribution >= 0.6 is 0 Å². The third-order valence-corrected chi connectivity index (χ3v) is 4.58. The van der Waals surface area contributed by atoms with Crippen molar-refractivity contribution in [2.45, 2.75) is 12.5 Å². The number of hydrogen-bond donors (Lipinski definition) is 1. The lowest BCUT2D eigenvalue weighted by Gasteiger charge is -2.13. The highest BCUT2D eigenvalue weighted by atomic mass is 19.1. The second-order valence-corrected chi connectivity index (χ2v) is 6.45. The molecular formula is C21H18FN3O3. The van der Waals surface area contributed by atoms with E-state index in [0.29, 0.717) is 41.2 Å². The lowest BCUT2D eigenvalue weighted by Crippen LogP contribution is -2.34. The monoisotopic (exact) mass is 379 g/mol. The summed E-state index contributed by atoms with van der Waals surface area (Å²) < 4.78 is 25.2. The van der Waals surface area contributed by atoms with Crippen molar-refractivity contribution in [2.75, 3.05) is 13.7 Å². The van der Waals surface area contributed by atoms with Gasteiger partial charge in [-0.05, 0) is 36.4 Å². The number of nitrogens with one attached hydrogen (secondary N) is 1. The van der Waals surface area contributed by atoms with Gasteiger partial charge in [0.25, 0.3) is 5.91 Å². The second kappa shape index (κ2) is 7.64. The van der Waals surface area contributed by atoms with Crippen molar-refractivity contribution in [1.29, 1.82) is 0 Å². The van der Waals surface area contributed by atoms with E-state index in [1.54, 1.807) is 43.8 Å². The summed E-state index contributed by atoms with van der Waals surface area (Å²) in [6.07, 6.45) is 4.88. The number of amides is 1. The van der Waals surface area contributed by atoms with Crippen LogP contribution in [0, 0.1) is 5.82 Å². The van der Waals surface area contributed by atoms with Crippen molar-refractivity contribution in [3.8, 4) is 22.6 Å². The third-order valence-electron chi connectivity index (χ3n) is 4.58. The molecular weight excluding hydrogens is 361 g/mol. The summed E-state index contributed by atoms with van der Waals surface area (Å²) in [4.78, 5) is 20.3. The maximum atomic E-state index is 14.1. The predicted molar refractivity (Wildman–Crippen MR) is 101 cm³/mol. The molecule has 28 heavy (non-hydrogen) atoms. The van der Waals surface area contributed by atoms with E-state index in [-0.39, 0.29) is 17.8 Å². The zero-order chi connectivity index (χ0) is 19.5. The van der Waals surface area contributed by atoms with Gasteiger partial charge in [-0.3, -0.25) is 4.79 Å². The predicted octanol–water partition coefficient (Wildman–Crippen LogP) is 3.02. The van der Waals surface area contributed by atoms with Crippen LogP contribution in [-0.2, 0) is 6.42 Å². The first kappa shape index (κ1) is 17.9. The molecule has 1 aliphatic rings. The lowest BCUT2D eigenvalue weighted by atomic mass is 10.0. The number of carbonyl (C=O) groups is 1. The Morgan fingerprint density at radius 2 is 2.00 bits per heavy atom. The molecule has 1 aliphatic heterocycles. The normalized spacial score (nSPS) is 14.9. The summed E-state index contributed by atoms with van der Waals surface area (Å²) >= 11 is 0. The lowest BCUT2D eigenvalue weighted by molar-refractivity contribution is 0.0933. The SMILES string of the molecule is COc1ccc(C(=O)NCC2Cc3cc(F)cc(-c4cncnc4)c3O2)cc1. The molecule has 0 fully saturated rings. The number of ether oxygens (including phenoxy) is 2. The number of aromatic nitrogens is 2. The highest BCUT2D eigenvalue weighted by Crippen LogP contribution is 2.39. The molecule has 0 saturated heterocycles. The Morgan fingerprint density at radius 1 is 1.25 bits per heavy atom. The molecule has 3 aromatic rings. The molecule has 142 valence electrons. The van der Waals surface area contributed by atoms with Crippen LogP contribution in [0.25, 0.3) is 11.1 Å². The molecule has 0 radical (unpaired) electrons. The van der Waals surface area contributed by atoms with Crippen LogP contribution in [0.4, 0.5) is 4.39 Å². The largest absolute Gasteiger partial charge is 0.497 e. The van der Waals surface area contributed by atoms with E-state index in [9.17, 15) is 9.18 Å². The molecule has 0 saturated carbocycles. The molecule has 0 bridgehead atoms. The highest BCUT2D eigenvalue weighted by molar-refractivity contribution is 5.94. The van der Waals surface area contributed by atoms with Crippen molar-refractivity contribution in [3.05, 3.63) is 72.1 Å². The van der Waals surface area contributed by atoms with E-state index in [1.807, 2.05) is 0 Å². The molecule has 0 spiro atoms. The standard InChI is InChI=1S/C21H18FN3O3/c1-27-17-4-2-13(3-5-17)21(26)25-11-18-7-14-6-16(22)8-19(20(14)28-18)15-9-23-12-24-10-15/h2-6,8-10,12,18H,7,11H2,1H3,(H,25,26). The van der Waals surface area contributed by atoms with Crippen LogP contribution in [0.15, 0.2) is 55.1 Å². The van der Waals surface area contributed by atoms with Crippen molar-refractivity contribution in [1.82, 2.24) is 15.3 Å². The van der Waals surface area contributed by atoms with Gasteiger partial charge in [0.2, 0.25) is 0 Å². The van der Waals surface area contributed by atoms with Crippen LogP contribution in [0.5, 0.6) is 11.5 Å². The number of benzene rings is 2. The molecule has 2 aromatic carbocycles. The second-order valence-electron chi connectivity index (χ2n) is 6.45. The maximum absolute atomic E-state index is 14.1. The van der Waals surface area contributed by atoms with Crippen molar-refractivity contribution < 1.29 is 18.7 Å². The fourth-order valence-corrected chi connectivity index (χ4v) is 3.21. The summed E-state index contributed by atoms with van der Waals surface area (Å²) in [5, 5.41) is 2.86. The molecule has 1 N–H and O–H groups in total. The van der Waals surface area contributed by atoms with Gasteiger partial charge in [-0.15, -0.1) is 0 Å². The van der Waals surface area contributed by atoms with Crippen molar-refractivity contribution >= 4 is 5.91 Å². The highest BCUT2D eigenvalue weighted by Gasteiger charge is 2.27. The fourth-order valence-electron chi connectivity index (χ4n) is 3.21. The van der Waals surface area contributed by atoms with Gasteiger partial charge in [-0.1, -0.05) is 0 Å². The van der Waals surface area contributed by atoms with E-state index >= 15 is 0 Å². The minimum absolute atomic E-state index is 0.204. The molecule has 1 unspecified atom stereocenters. The van der Waals surface area contributed by atoms with E-state index in [2.05, 4.69) is 15.3 Å². The molecule has 1 aromatic heterocycles. The first-order chi connectivity index (χ1) is 13.6. The van der Waals surface area contributed by atoms with Gasteiger partial charge in [0, 0.05) is 41.1 Å². The number of methoxy groups -OCH3 is 1. The first-order valence-electron chi connectivity index (χ1n) is 8.81. The molecule has 4 rings (SSSR count). The van der Waals surface area contributed by atoms with Crippen molar-refractivity contribution in [2.24, 2.45) is 0 Å². The number of hydrogen-bond acceptors (Lipinski definition) is 5. The number of nitrogens with zero attached hydrogens (tertiary/aromatic N) is 2. The van der Waals surface area contributed by atoms with Gasteiger partial charge in [0.05, 0.1) is 13.7 Å². The van der Waals surface area contributed by atoms with Gasteiger partial charge >= 0.3 is 0 Å². The van der Waals surface area contributed by atoms with Gasteiger partial charge in [-0.2, -0.15) is 0 Å². The summed E-state index contributed by atoms with van der Waals surface area (Å²) in [6.45, 7) is 0.311. The Bertz CT molecular complexity index is 994. The smallest absolute Gasteiger partial charge is 0.251 e. The average molecular weight is 379 g/mol. The Labute approximate surface area is 161 Å². The van der Waals surface area contributed by atoms with Crippen molar-refractivity contribution in [3.63, 3.8) is 0 Å². The number of carbonyl (C=O) groups excluding carboxylic acids is 1. The zero-order valence-electron chi connectivity index (χ0n) is 15.2. The Morgan fingerprint density at radius 3 is 2.71 bits per heavy atom. The number of fused-ring (bicyclic) bond motifs is 1. The molecule has 2 heterocycles. The Hall–Kier alpha value is -3.48. The Kier molecular flexibility index (Phi) is 4.89. The van der Waals surface area contributed by atoms with Crippen LogP contribution in [-0.4, -0.2) is 35.6 Å².